The van der Waals surface area contributed by atoms with Crippen molar-refractivity contribution in [2.24, 2.45) is 5.92 Å². The number of carbonyl (C=O) groups excluding carboxylic acids is 1. The molecular weight excluding hydrogens is 426 g/mol. The third-order valence-corrected chi connectivity index (χ3v) is 7.91. The summed E-state index contributed by atoms with van der Waals surface area (Å²) >= 11 is 0. The molecule has 2 unspecified atom stereocenters. The number of benzene rings is 1. The summed E-state index contributed by atoms with van der Waals surface area (Å²) in [5, 5.41) is 2.78. The molecule has 160 valence electrons. The number of hydrogen-bond acceptors (Lipinski definition) is 4. The number of piperidine rings is 1. The molecule has 1 aliphatic carbocycles. The van der Waals surface area contributed by atoms with Gasteiger partial charge in [0.1, 0.15) is 0 Å². The molecule has 2 atom stereocenters. The zero-order valence-electron chi connectivity index (χ0n) is 16.3. The Hall–Kier alpha value is -3.03. The number of hydrogen-bond donors (Lipinski definition) is 1. The Morgan fingerprint density at radius 3 is 2.68 bits per heavy atom. The molecule has 3 aromatic rings. The van der Waals surface area contributed by atoms with Gasteiger partial charge in [-0.2, -0.15) is 9.29 Å². The number of pyridine rings is 1. The van der Waals surface area contributed by atoms with E-state index in [9.17, 15) is 22.0 Å². The number of sulfonamides is 1. The smallest absolute Gasteiger partial charge is 0.253 e. The zero-order valence-corrected chi connectivity index (χ0v) is 17.1. The third-order valence-electron chi connectivity index (χ3n) is 5.98. The molecule has 31 heavy (non-hydrogen) atoms. The average Bonchev–Trinajstić information content (AvgIpc) is 3.45. The van der Waals surface area contributed by atoms with Crippen LogP contribution in [0.3, 0.4) is 0 Å². The van der Waals surface area contributed by atoms with Gasteiger partial charge in [0.2, 0.25) is 10.0 Å². The van der Waals surface area contributed by atoms with Crippen LogP contribution in [0, 0.1) is 18.3 Å². The lowest BCUT2D eigenvalue weighted by molar-refractivity contribution is -0.0559. The summed E-state index contributed by atoms with van der Waals surface area (Å²) in [6, 6.07) is 8.79. The van der Waals surface area contributed by atoms with Crippen LogP contribution < -0.4 is 5.32 Å². The summed E-state index contributed by atoms with van der Waals surface area (Å²) in [6.07, 6.45) is 6.71. The third kappa shape index (κ3) is 3.43. The maximum absolute atomic E-state index is 13.7. The summed E-state index contributed by atoms with van der Waals surface area (Å²) in [5.41, 5.74) is 1.77. The first-order valence-electron chi connectivity index (χ1n) is 9.78. The Balaban J connectivity index is 1.24. The van der Waals surface area contributed by atoms with Crippen molar-refractivity contribution in [3.8, 4) is 0 Å². The Kier molecular flexibility index (Phi) is 4.50. The van der Waals surface area contributed by atoms with Gasteiger partial charge in [-0.3, -0.25) is 9.20 Å². The number of aromatic nitrogens is 2. The zero-order chi connectivity index (χ0) is 21.8. The number of carbonyl (C=O) groups is 1. The van der Waals surface area contributed by atoms with Crippen LogP contribution in [0.2, 0.25) is 0 Å². The fraction of sp³-hybridized carbons (Fsp3) is 0.333. The number of nitrogens with one attached hydrogen (secondary N) is 1. The minimum Gasteiger partial charge on any atom is -0.348 e. The molecule has 2 bridgehead atoms. The van der Waals surface area contributed by atoms with Crippen LogP contribution in [0.1, 0.15) is 28.8 Å². The fourth-order valence-corrected chi connectivity index (χ4v) is 5.98. The average molecular weight is 444 g/mol. The van der Waals surface area contributed by atoms with Crippen LogP contribution in [-0.2, 0) is 16.6 Å². The van der Waals surface area contributed by atoms with Crippen LogP contribution in [0.25, 0.3) is 5.65 Å². The second-order valence-electron chi connectivity index (χ2n) is 7.93. The Labute approximate surface area is 177 Å². The maximum atomic E-state index is 13.7. The van der Waals surface area contributed by atoms with Gasteiger partial charge >= 0.3 is 0 Å². The van der Waals surface area contributed by atoms with E-state index in [-0.39, 0.29) is 30.3 Å². The molecule has 1 saturated heterocycles. The molecular formula is C21H18F2N4O3S. The van der Waals surface area contributed by atoms with Gasteiger partial charge in [0.15, 0.2) is 5.65 Å². The predicted octanol–water partition coefficient (Wildman–Crippen LogP) is 2.28. The second kappa shape index (κ2) is 7.00. The van der Waals surface area contributed by atoms with Gasteiger partial charge < -0.3 is 5.32 Å². The van der Waals surface area contributed by atoms with Gasteiger partial charge in [-0.05, 0) is 36.2 Å². The summed E-state index contributed by atoms with van der Waals surface area (Å²) < 4.78 is 56.0. The summed E-state index contributed by atoms with van der Waals surface area (Å²) in [7, 11) is -3.83. The molecule has 1 amide bonds. The summed E-state index contributed by atoms with van der Waals surface area (Å²) in [6.45, 7) is 0.0614. The Morgan fingerprint density at radius 2 is 2.00 bits per heavy atom. The molecule has 2 fully saturated rings. The molecule has 1 aromatic carbocycles. The van der Waals surface area contributed by atoms with Crippen molar-refractivity contribution in [1.82, 2.24) is 19.0 Å². The van der Waals surface area contributed by atoms with Crippen molar-refractivity contribution in [2.45, 2.75) is 36.2 Å². The minimum absolute atomic E-state index is 0.0655. The van der Waals surface area contributed by atoms with Gasteiger partial charge in [-0.1, -0.05) is 12.1 Å². The molecule has 7 nitrogen and oxygen atoms in total. The molecule has 2 aliphatic rings. The number of alkyl halides is 2. The highest BCUT2D eigenvalue weighted by atomic mass is 32.2. The van der Waals surface area contributed by atoms with Crippen LogP contribution in [0.5, 0.6) is 0 Å². The van der Waals surface area contributed by atoms with E-state index < -0.39 is 34.3 Å². The van der Waals surface area contributed by atoms with E-state index in [0.717, 1.165) is 0 Å². The highest BCUT2D eigenvalue weighted by Crippen LogP contribution is 2.49. The molecule has 0 spiro atoms. The molecule has 1 N–H and O–H groups in total. The lowest BCUT2D eigenvalue weighted by Crippen LogP contribution is -2.44. The Bertz CT molecular complexity index is 1260. The lowest BCUT2D eigenvalue weighted by Gasteiger charge is -2.30. The van der Waals surface area contributed by atoms with Crippen LogP contribution >= 0.6 is 0 Å². The molecule has 1 aliphatic heterocycles. The van der Waals surface area contributed by atoms with Crippen molar-refractivity contribution in [1.29, 1.82) is 0 Å². The van der Waals surface area contributed by atoms with E-state index >= 15 is 0 Å². The van der Waals surface area contributed by atoms with E-state index in [0.29, 0.717) is 16.8 Å². The van der Waals surface area contributed by atoms with Crippen LogP contribution in [0.4, 0.5) is 8.78 Å². The van der Waals surface area contributed by atoms with E-state index in [2.05, 4.69) is 22.7 Å². The number of rotatable bonds is 5. The van der Waals surface area contributed by atoms with Gasteiger partial charge in [0.25, 0.3) is 11.8 Å². The highest BCUT2D eigenvalue weighted by molar-refractivity contribution is 7.89. The first-order chi connectivity index (χ1) is 14.7. The number of amides is 1. The molecule has 3 heterocycles. The SMILES string of the molecule is O=C(NCc1ccc(S(=O)(=O)N2CC3CC2CC3(F)F)cc1)c1ccc2nc#cn2c1. The molecule has 1 saturated carbocycles. The minimum atomic E-state index is -3.83. The standard InChI is InChI=1S/C21H18F2N4O3S/c22-21(23)10-17-9-16(21)13-27(17)31(29,30)18-4-1-14(2-5-18)11-25-20(28)15-3-6-19-24-7-8-26(19)12-15/h1-6,12,16-17H,9-11,13H2,(H,25,28). The molecule has 5 rings (SSSR count). The summed E-state index contributed by atoms with van der Waals surface area (Å²) in [5.74, 6) is -3.98. The van der Waals surface area contributed by atoms with Gasteiger partial charge in [0, 0.05) is 43.9 Å². The van der Waals surface area contributed by atoms with Crippen molar-refractivity contribution < 1.29 is 22.0 Å². The maximum Gasteiger partial charge on any atom is 0.253 e. The topological polar surface area (TPSA) is 83.8 Å². The van der Waals surface area contributed by atoms with Gasteiger partial charge in [0.05, 0.1) is 16.7 Å². The van der Waals surface area contributed by atoms with Crippen molar-refractivity contribution in [3.05, 3.63) is 66.1 Å². The first-order valence-corrected chi connectivity index (χ1v) is 11.2. The van der Waals surface area contributed by atoms with Crippen molar-refractivity contribution in [2.75, 3.05) is 6.54 Å². The highest BCUT2D eigenvalue weighted by Gasteiger charge is 2.58. The van der Waals surface area contributed by atoms with Crippen LogP contribution in [-0.4, -0.2) is 46.5 Å². The first kappa shape index (κ1) is 19.9. The second-order valence-corrected chi connectivity index (χ2v) is 9.82. The van der Waals surface area contributed by atoms with E-state index in [4.69, 9.17) is 0 Å². The quantitative estimate of drug-likeness (QED) is 0.655. The molecule has 0 radical (unpaired) electrons. The van der Waals surface area contributed by atoms with Crippen molar-refractivity contribution >= 4 is 21.6 Å². The van der Waals surface area contributed by atoms with Gasteiger partial charge in [-0.25, -0.2) is 17.2 Å². The number of nitrogens with zero attached hydrogens (tertiary/aromatic N) is 3. The number of halogens is 2. The predicted molar refractivity (Wildman–Crippen MR) is 106 cm³/mol. The van der Waals surface area contributed by atoms with Gasteiger partial charge in [-0.15, -0.1) is 0 Å². The fourth-order valence-electron chi connectivity index (χ4n) is 4.30. The van der Waals surface area contributed by atoms with E-state index in [1.54, 1.807) is 34.9 Å². The van der Waals surface area contributed by atoms with E-state index in [1.807, 2.05) is 0 Å². The largest absolute Gasteiger partial charge is 0.348 e. The molecule has 10 heteroatoms. The number of fused-ring (bicyclic) bond motifs is 3. The monoisotopic (exact) mass is 444 g/mol. The van der Waals surface area contributed by atoms with Crippen LogP contribution in [0.15, 0.2) is 47.5 Å². The Morgan fingerprint density at radius 1 is 1.23 bits per heavy atom. The molecule has 2 aromatic heterocycles. The lowest BCUT2D eigenvalue weighted by atomic mass is 10.1. The normalized spacial score (nSPS) is 22.5. The van der Waals surface area contributed by atoms with Crippen molar-refractivity contribution in [3.63, 3.8) is 0 Å². The summed E-state index contributed by atoms with van der Waals surface area (Å²) in [4.78, 5) is 16.4. The van der Waals surface area contributed by atoms with E-state index in [1.165, 1.54) is 16.4 Å².